The van der Waals surface area contributed by atoms with Crippen molar-refractivity contribution in [2.75, 3.05) is 19.8 Å². The van der Waals surface area contributed by atoms with E-state index in [4.69, 9.17) is 4.74 Å². The maximum Gasteiger partial charge on any atom is 0.295 e. The van der Waals surface area contributed by atoms with Crippen LogP contribution < -0.4 is 0 Å². The second-order valence-corrected chi connectivity index (χ2v) is 4.97. The number of amidine groups is 1. The van der Waals surface area contributed by atoms with Crippen LogP contribution in [-0.2, 0) is 14.4 Å². The molecule has 1 fully saturated rings. The molecule has 0 spiro atoms. The minimum absolute atomic E-state index is 0.000274. The highest BCUT2D eigenvalue weighted by Crippen LogP contribution is 2.38. The number of nitrogens with zero attached hydrogens (tertiary/aromatic N) is 3. The standard InChI is InChI=1S/C12H19N3O5/c1-2-3-10(9-4-5-9)14(12-13-6-7-19-12)11(16)8-20-15(17)18/h9-10H,2-8H2,1H3. The molecule has 0 aromatic rings. The molecule has 8 heteroatoms. The van der Waals surface area contributed by atoms with Crippen LogP contribution in [-0.4, -0.2) is 47.7 Å². The van der Waals surface area contributed by atoms with E-state index < -0.39 is 17.6 Å². The van der Waals surface area contributed by atoms with Crippen molar-refractivity contribution in [1.29, 1.82) is 0 Å². The van der Waals surface area contributed by atoms with Gasteiger partial charge in [-0.1, -0.05) is 13.3 Å². The summed E-state index contributed by atoms with van der Waals surface area (Å²) in [4.78, 5) is 32.3. The summed E-state index contributed by atoms with van der Waals surface area (Å²) < 4.78 is 5.38. The van der Waals surface area contributed by atoms with Gasteiger partial charge in [-0.15, -0.1) is 10.1 Å². The molecule has 2 rings (SSSR count). The smallest absolute Gasteiger partial charge is 0.295 e. The molecule has 1 heterocycles. The predicted molar refractivity (Wildman–Crippen MR) is 69.5 cm³/mol. The van der Waals surface area contributed by atoms with Crippen LogP contribution in [0.15, 0.2) is 4.99 Å². The SMILES string of the molecule is CCCC(C1CC1)N(C(=O)CO[N+](=O)[O-])C1=NCCO1. The van der Waals surface area contributed by atoms with Crippen LogP contribution in [0.4, 0.5) is 0 Å². The van der Waals surface area contributed by atoms with Gasteiger partial charge in [0.25, 0.3) is 17.0 Å². The van der Waals surface area contributed by atoms with Gasteiger partial charge in [0.2, 0.25) is 0 Å². The van der Waals surface area contributed by atoms with E-state index in [0.717, 1.165) is 25.7 Å². The van der Waals surface area contributed by atoms with Gasteiger partial charge in [0.05, 0.1) is 6.54 Å². The van der Waals surface area contributed by atoms with Crippen LogP contribution in [0.2, 0.25) is 0 Å². The third-order valence-electron chi connectivity index (χ3n) is 3.42. The fourth-order valence-corrected chi connectivity index (χ4v) is 2.43. The Morgan fingerprint density at radius 1 is 1.65 bits per heavy atom. The zero-order valence-corrected chi connectivity index (χ0v) is 11.5. The Hall–Kier alpha value is -1.86. The van der Waals surface area contributed by atoms with Crippen LogP contribution in [0.3, 0.4) is 0 Å². The predicted octanol–water partition coefficient (Wildman–Crippen LogP) is 0.988. The molecule has 0 aromatic carbocycles. The van der Waals surface area contributed by atoms with Crippen LogP contribution in [0, 0.1) is 16.0 Å². The molecule has 0 radical (unpaired) electrons. The minimum Gasteiger partial charge on any atom is -0.463 e. The second-order valence-electron chi connectivity index (χ2n) is 4.97. The maximum atomic E-state index is 12.2. The zero-order chi connectivity index (χ0) is 14.5. The number of carbonyl (C=O) groups excluding carboxylic acids is 1. The van der Waals surface area contributed by atoms with Gasteiger partial charge in [-0.05, 0) is 25.2 Å². The molecule has 2 aliphatic rings. The van der Waals surface area contributed by atoms with E-state index >= 15 is 0 Å². The van der Waals surface area contributed by atoms with Crippen LogP contribution in [0.5, 0.6) is 0 Å². The van der Waals surface area contributed by atoms with Gasteiger partial charge in [0.15, 0.2) is 6.61 Å². The van der Waals surface area contributed by atoms with Crippen molar-refractivity contribution in [2.24, 2.45) is 10.9 Å². The molecule has 0 aromatic heterocycles. The van der Waals surface area contributed by atoms with Gasteiger partial charge in [0.1, 0.15) is 6.61 Å². The summed E-state index contributed by atoms with van der Waals surface area (Å²) in [5.41, 5.74) is 0. The largest absolute Gasteiger partial charge is 0.463 e. The number of rotatable bonds is 7. The lowest BCUT2D eigenvalue weighted by Crippen LogP contribution is -2.47. The number of carbonyl (C=O) groups is 1. The molecule has 1 atom stereocenters. The third-order valence-corrected chi connectivity index (χ3v) is 3.42. The van der Waals surface area contributed by atoms with Crippen LogP contribution in [0.25, 0.3) is 0 Å². The van der Waals surface area contributed by atoms with E-state index in [9.17, 15) is 14.9 Å². The molecule has 1 saturated carbocycles. The first-order valence-electron chi connectivity index (χ1n) is 6.90. The van der Waals surface area contributed by atoms with E-state index in [1.165, 1.54) is 4.90 Å². The zero-order valence-electron chi connectivity index (χ0n) is 11.5. The van der Waals surface area contributed by atoms with Crippen molar-refractivity contribution in [3.05, 3.63) is 10.1 Å². The highest BCUT2D eigenvalue weighted by Gasteiger charge is 2.40. The van der Waals surface area contributed by atoms with Crippen LogP contribution in [0.1, 0.15) is 32.6 Å². The lowest BCUT2D eigenvalue weighted by molar-refractivity contribution is -0.754. The van der Waals surface area contributed by atoms with Gasteiger partial charge in [-0.2, -0.15) is 0 Å². The van der Waals surface area contributed by atoms with Crippen molar-refractivity contribution in [1.82, 2.24) is 4.90 Å². The Kier molecular flexibility index (Phi) is 4.75. The molecular weight excluding hydrogens is 266 g/mol. The Morgan fingerprint density at radius 2 is 2.40 bits per heavy atom. The Labute approximate surface area is 116 Å². The number of hydrogen-bond acceptors (Lipinski definition) is 6. The van der Waals surface area contributed by atoms with Crippen molar-refractivity contribution in [3.8, 4) is 0 Å². The molecular formula is C12H19N3O5. The molecule has 0 N–H and O–H groups in total. The average molecular weight is 285 g/mol. The summed E-state index contributed by atoms with van der Waals surface area (Å²) in [5.74, 6) is -0.0332. The lowest BCUT2D eigenvalue weighted by atomic mass is 10.1. The van der Waals surface area contributed by atoms with Crippen molar-refractivity contribution in [2.45, 2.75) is 38.6 Å². The van der Waals surface area contributed by atoms with Gasteiger partial charge in [-0.3, -0.25) is 9.69 Å². The summed E-state index contributed by atoms with van der Waals surface area (Å²) in [6.07, 6.45) is 3.89. The monoisotopic (exact) mass is 285 g/mol. The van der Waals surface area contributed by atoms with E-state index in [0.29, 0.717) is 19.1 Å². The van der Waals surface area contributed by atoms with Gasteiger partial charge in [0, 0.05) is 6.04 Å². The van der Waals surface area contributed by atoms with E-state index in [-0.39, 0.29) is 12.1 Å². The first-order valence-corrected chi connectivity index (χ1v) is 6.90. The molecule has 0 saturated heterocycles. The Balaban J connectivity index is 2.10. The fourth-order valence-electron chi connectivity index (χ4n) is 2.43. The summed E-state index contributed by atoms with van der Waals surface area (Å²) in [7, 11) is 0. The second kappa shape index (κ2) is 6.53. The summed E-state index contributed by atoms with van der Waals surface area (Å²) in [5, 5.41) is 9.28. The molecule has 1 aliphatic heterocycles. The first kappa shape index (κ1) is 14.5. The number of hydrogen-bond donors (Lipinski definition) is 0. The Bertz CT molecular complexity index is 408. The molecule has 20 heavy (non-hydrogen) atoms. The van der Waals surface area contributed by atoms with Crippen molar-refractivity contribution < 1.29 is 19.5 Å². The summed E-state index contributed by atoms with van der Waals surface area (Å²) in [6.45, 7) is 2.41. The number of ether oxygens (including phenoxy) is 1. The van der Waals surface area contributed by atoms with Gasteiger partial charge >= 0.3 is 0 Å². The van der Waals surface area contributed by atoms with Crippen molar-refractivity contribution >= 4 is 11.9 Å². The third kappa shape index (κ3) is 3.58. The maximum absolute atomic E-state index is 12.2. The highest BCUT2D eigenvalue weighted by molar-refractivity contribution is 5.95. The highest BCUT2D eigenvalue weighted by atomic mass is 16.9. The fraction of sp³-hybridized carbons (Fsp3) is 0.833. The molecule has 1 aliphatic carbocycles. The quantitative estimate of drug-likeness (QED) is 0.513. The normalized spacial score (nSPS) is 18.9. The van der Waals surface area contributed by atoms with Crippen LogP contribution >= 0.6 is 0 Å². The van der Waals surface area contributed by atoms with Crippen molar-refractivity contribution in [3.63, 3.8) is 0 Å². The Morgan fingerprint density at radius 3 is 2.90 bits per heavy atom. The van der Waals surface area contributed by atoms with E-state index in [1.54, 1.807) is 0 Å². The summed E-state index contributed by atoms with van der Waals surface area (Å²) >= 11 is 0. The molecule has 8 nitrogen and oxygen atoms in total. The molecule has 0 bridgehead atoms. The molecule has 112 valence electrons. The number of amides is 1. The van der Waals surface area contributed by atoms with Gasteiger partial charge < -0.3 is 9.57 Å². The average Bonchev–Trinajstić information content (AvgIpc) is 3.12. The number of aliphatic imine (C=N–C) groups is 1. The van der Waals surface area contributed by atoms with E-state index in [2.05, 4.69) is 9.83 Å². The topological polar surface area (TPSA) is 94.3 Å². The minimum atomic E-state index is -0.959. The lowest BCUT2D eigenvalue weighted by Gasteiger charge is -2.30. The summed E-state index contributed by atoms with van der Waals surface area (Å²) in [6, 6.07) is 0.284. The molecule has 1 amide bonds. The first-order chi connectivity index (χ1) is 9.63. The van der Waals surface area contributed by atoms with E-state index in [1.807, 2.05) is 6.92 Å². The van der Waals surface area contributed by atoms with Gasteiger partial charge in [-0.25, -0.2) is 4.99 Å². The molecule has 1 unspecified atom stereocenters.